The van der Waals surface area contributed by atoms with Crippen LogP contribution < -0.4 is 5.73 Å². The lowest BCUT2D eigenvalue weighted by Crippen LogP contribution is -2.35. The van der Waals surface area contributed by atoms with Gasteiger partial charge in [0, 0.05) is 6.04 Å². The summed E-state index contributed by atoms with van der Waals surface area (Å²) in [6.07, 6.45) is 1.29. The Hall–Kier alpha value is -0.130. The third-order valence-electron chi connectivity index (χ3n) is 1.40. The molecule has 2 N–H and O–H groups in total. The van der Waals surface area contributed by atoms with Crippen LogP contribution in [0.5, 0.6) is 0 Å². The minimum atomic E-state index is -3.36. The van der Waals surface area contributed by atoms with Crippen LogP contribution in [-0.4, -0.2) is 26.8 Å². The first-order valence-electron chi connectivity index (χ1n) is 3.50. The Labute approximate surface area is 67.9 Å². The summed E-state index contributed by atoms with van der Waals surface area (Å²) in [5, 5.41) is 0. The fraction of sp³-hybridized carbons (Fsp3) is 1.00. The highest BCUT2D eigenvalue weighted by Crippen LogP contribution is 2.03. The highest BCUT2D eigenvalue weighted by molar-refractivity contribution is 7.86. The minimum Gasteiger partial charge on any atom is -0.325 e. The first-order chi connectivity index (χ1) is 4.87. The second-order valence-electron chi connectivity index (χ2n) is 2.58. The van der Waals surface area contributed by atoms with Gasteiger partial charge in [-0.15, -0.1) is 0 Å². The molecule has 0 aromatic heterocycles. The van der Waals surface area contributed by atoms with Gasteiger partial charge in [-0.25, -0.2) is 0 Å². The molecule has 0 bridgehead atoms. The van der Waals surface area contributed by atoms with E-state index in [0.29, 0.717) is 6.42 Å². The Morgan fingerprint density at radius 3 is 2.27 bits per heavy atom. The average Bonchev–Trinajstić information content (AvgIpc) is 1.82. The number of nitrogens with two attached hydrogens (primary N) is 1. The van der Waals surface area contributed by atoms with Crippen molar-refractivity contribution in [3.63, 3.8) is 0 Å². The zero-order valence-electron chi connectivity index (χ0n) is 7.07. The Kier molecular flexibility index (Phi) is 3.99. The van der Waals surface area contributed by atoms with E-state index < -0.39 is 16.2 Å². The smallest absolute Gasteiger partial charge is 0.264 e. The Bertz CT molecular complexity index is 200. The summed E-state index contributed by atoms with van der Waals surface area (Å²) in [6, 6.07) is -0.218. The Morgan fingerprint density at radius 2 is 2.00 bits per heavy atom. The largest absolute Gasteiger partial charge is 0.325 e. The van der Waals surface area contributed by atoms with E-state index in [0.717, 1.165) is 6.26 Å². The van der Waals surface area contributed by atoms with Gasteiger partial charge in [0.1, 0.15) is 0 Å². The maximum absolute atomic E-state index is 10.6. The van der Waals surface area contributed by atoms with Crippen molar-refractivity contribution in [2.45, 2.75) is 32.4 Å². The summed E-state index contributed by atoms with van der Waals surface area (Å²) in [7, 11) is -3.36. The van der Waals surface area contributed by atoms with E-state index >= 15 is 0 Å². The van der Waals surface area contributed by atoms with Crippen molar-refractivity contribution >= 4 is 10.1 Å². The fourth-order valence-corrected chi connectivity index (χ4v) is 1.37. The molecule has 5 heteroatoms. The van der Waals surface area contributed by atoms with Crippen molar-refractivity contribution in [2.75, 3.05) is 6.26 Å². The SMILES string of the molecule is CC[C@@H](N)[C@H](C)OS(C)(=O)=O. The van der Waals surface area contributed by atoms with Crippen molar-refractivity contribution in [2.24, 2.45) is 5.73 Å². The lowest BCUT2D eigenvalue weighted by Gasteiger charge is -2.16. The van der Waals surface area contributed by atoms with Crippen molar-refractivity contribution in [1.29, 1.82) is 0 Å². The number of rotatable bonds is 4. The molecule has 0 unspecified atom stereocenters. The summed E-state index contributed by atoms with van der Waals surface area (Å²) in [5.41, 5.74) is 5.53. The van der Waals surface area contributed by atoms with Gasteiger partial charge in [0.2, 0.25) is 0 Å². The molecule has 2 atom stereocenters. The molecule has 0 saturated heterocycles. The van der Waals surface area contributed by atoms with Gasteiger partial charge in [-0.1, -0.05) is 6.92 Å². The highest BCUT2D eigenvalue weighted by Gasteiger charge is 2.15. The molecule has 11 heavy (non-hydrogen) atoms. The topological polar surface area (TPSA) is 69.4 Å². The molecular weight excluding hydrogens is 166 g/mol. The molecule has 0 aliphatic carbocycles. The molecule has 0 amide bonds. The lowest BCUT2D eigenvalue weighted by atomic mass is 10.1. The van der Waals surface area contributed by atoms with Crippen LogP contribution in [0.1, 0.15) is 20.3 Å². The van der Waals surface area contributed by atoms with Crippen molar-refractivity contribution in [3.05, 3.63) is 0 Å². The monoisotopic (exact) mass is 181 g/mol. The van der Waals surface area contributed by atoms with Gasteiger partial charge in [-0.05, 0) is 13.3 Å². The van der Waals surface area contributed by atoms with Crippen LogP contribution in [0, 0.1) is 0 Å². The standard InChI is InChI=1S/C6H15NO3S/c1-4-6(7)5(2)10-11(3,8)9/h5-6H,4,7H2,1-3H3/t5-,6+/m0/s1. The van der Waals surface area contributed by atoms with E-state index in [1.54, 1.807) is 6.92 Å². The number of hydrogen-bond donors (Lipinski definition) is 1. The van der Waals surface area contributed by atoms with Gasteiger partial charge in [0.25, 0.3) is 10.1 Å². The van der Waals surface area contributed by atoms with Crippen molar-refractivity contribution < 1.29 is 12.6 Å². The zero-order valence-corrected chi connectivity index (χ0v) is 7.89. The predicted octanol–water partition coefficient (Wildman–Crippen LogP) is 0.0884. The van der Waals surface area contributed by atoms with E-state index in [2.05, 4.69) is 4.18 Å². The third-order valence-corrected chi connectivity index (χ3v) is 2.05. The second-order valence-corrected chi connectivity index (χ2v) is 4.18. The molecule has 0 rings (SSSR count). The molecule has 0 saturated carbocycles. The third kappa shape index (κ3) is 5.17. The summed E-state index contributed by atoms with van der Waals surface area (Å²) in [6.45, 7) is 3.53. The van der Waals surface area contributed by atoms with E-state index in [4.69, 9.17) is 5.73 Å². The molecule has 0 aromatic rings. The molecule has 4 nitrogen and oxygen atoms in total. The molecule has 0 aliphatic rings. The van der Waals surface area contributed by atoms with Crippen LogP contribution >= 0.6 is 0 Å². The zero-order chi connectivity index (χ0) is 9.07. The minimum absolute atomic E-state index is 0.218. The van der Waals surface area contributed by atoms with Gasteiger partial charge in [0.15, 0.2) is 0 Å². The summed E-state index contributed by atoms with van der Waals surface area (Å²) in [5.74, 6) is 0. The molecule has 0 aliphatic heterocycles. The molecule has 0 heterocycles. The van der Waals surface area contributed by atoms with Crippen LogP contribution in [0.3, 0.4) is 0 Å². The second kappa shape index (κ2) is 4.04. The van der Waals surface area contributed by atoms with E-state index in [1.165, 1.54) is 0 Å². The highest BCUT2D eigenvalue weighted by atomic mass is 32.2. The molecule has 68 valence electrons. The Morgan fingerprint density at radius 1 is 1.55 bits per heavy atom. The summed E-state index contributed by atoms with van der Waals surface area (Å²) >= 11 is 0. The molecule has 0 spiro atoms. The summed E-state index contributed by atoms with van der Waals surface area (Å²) < 4.78 is 25.8. The molecule has 0 aromatic carbocycles. The Balaban J connectivity index is 3.98. The van der Waals surface area contributed by atoms with E-state index in [1.807, 2.05) is 6.92 Å². The van der Waals surface area contributed by atoms with E-state index in [-0.39, 0.29) is 6.04 Å². The van der Waals surface area contributed by atoms with E-state index in [9.17, 15) is 8.42 Å². The van der Waals surface area contributed by atoms with Crippen LogP contribution in [0.2, 0.25) is 0 Å². The van der Waals surface area contributed by atoms with Crippen molar-refractivity contribution in [1.82, 2.24) is 0 Å². The summed E-state index contributed by atoms with van der Waals surface area (Å²) in [4.78, 5) is 0. The maximum Gasteiger partial charge on any atom is 0.264 e. The van der Waals surface area contributed by atoms with Crippen LogP contribution in [0.25, 0.3) is 0 Å². The normalized spacial score (nSPS) is 17.8. The predicted molar refractivity (Wildman–Crippen MR) is 43.7 cm³/mol. The van der Waals surface area contributed by atoms with Gasteiger partial charge in [-0.3, -0.25) is 4.18 Å². The quantitative estimate of drug-likeness (QED) is 0.624. The lowest BCUT2D eigenvalue weighted by molar-refractivity contribution is 0.196. The molecule has 0 radical (unpaired) electrons. The average molecular weight is 181 g/mol. The van der Waals surface area contributed by atoms with Crippen LogP contribution in [0.15, 0.2) is 0 Å². The molecular formula is C6H15NO3S. The van der Waals surface area contributed by atoms with Gasteiger partial charge >= 0.3 is 0 Å². The van der Waals surface area contributed by atoms with Crippen LogP contribution in [-0.2, 0) is 14.3 Å². The number of hydrogen-bond acceptors (Lipinski definition) is 4. The van der Waals surface area contributed by atoms with Gasteiger partial charge in [-0.2, -0.15) is 8.42 Å². The fourth-order valence-electron chi connectivity index (χ4n) is 0.679. The van der Waals surface area contributed by atoms with Gasteiger partial charge in [0.05, 0.1) is 12.4 Å². The van der Waals surface area contributed by atoms with Crippen molar-refractivity contribution in [3.8, 4) is 0 Å². The first kappa shape index (κ1) is 10.9. The first-order valence-corrected chi connectivity index (χ1v) is 5.32. The van der Waals surface area contributed by atoms with Crippen LogP contribution in [0.4, 0.5) is 0 Å². The molecule has 0 fully saturated rings. The maximum atomic E-state index is 10.6. The van der Waals surface area contributed by atoms with Gasteiger partial charge < -0.3 is 5.73 Å².